The number of halogens is 1. The maximum atomic E-state index is 12.0. The third-order valence-corrected chi connectivity index (χ3v) is 3.97. The molecule has 0 unspecified atom stereocenters. The fourth-order valence-electron chi connectivity index (χ4n) is 2.30. The van der Waals surface area contributed by atoms with Gasteiger partial charge in [-0.3, -0.25) is 14.5 Å². The molecular formula is C19H23BrN4O3. The molecule has 27 heavy (non-hydrogen) atoms. The summed E-state index contributed by atoms with van der Waals surface area (Å²) < 4.78 is 6.41. The van der Waals surface area contributed by atoms with Gasteiger partial charge >= 0.3 is 0 Å². The summed E-state index contributed by atoms with van der Waals surface area (Å²) in [4.78, 5) is 29.6. The third-order valence-electron chi connectivity index (χ3n) is 3.50. The zero-order valence-electron chi connectivity index (χ0n) is 15.4. The van der Waals surface area contributed by atoms with Gasteiger partial charge in [-0.2, -0.15) is 0 Å². The van der Waals surface area contributed by atoms with E-state index in [0.29, 0.717) is 19.0 Å². The van der Waals surface area contributed by atoms with Crippen LogP contribution in [-0.2, 0) is 9.59 Å². The molecule has 2 aromatic rings. The van der Waals surface area contributed by atoms with Crippen molar-refractivity contribution in [3.05, 3.63) is 52.6 Å². The van der Waals surface area contributed by atoms with Crippen LogP contribution in [0.3, 0.4) is 0 Å². The summed E-state index contributed by atoms with van der Waals surface area (Å²) in [6, 6.07) is 11.2. The summed E-state index contributed by atoms with van der Waals surface area (Å²) in [6.45, 7) is 2.98. The number of hydrogen-bond acceptors (Lipinski definition) is 5. The SMILES string of the molecule is Cc1cccc(OCCNC(=O)CN(C)CC(=O)Nc2ccc(Br)cn2)c1. The molecule has 7 nitrogen and oxygen atoms in total. The fourth-order valence-corrected chi connectivity index (χ4v) is 2.53. The standard InChI is InChI=1S/C19H23BrN4O3/c1-14-4-3-5-16(10-14)27-9-8-21-18(25)12-24(2)13-19(26)23-17-7-6-15(20)11-22-17/h3-7,10-11H,8-9,12-13H2,1-2H3,(H,21,25)(H,22,23,26). The Bertz CT molecular complexity index is 768. The molecule has 0 saturated carbocycles. The summed E-state index contributed by atoms with van der Waals surface area (Å²) in [6.07, 6.45) is 1.60. The van der Waals surface area contributed by atoms with E-state index < -0.39 is 0 Å². The van der Waals surface area contributed by atoms with Crippen LogP contribution in [-0.4, -0.2) is 55.0 Å². The molecule has 0 atom stereocenters. The van der Waals surface area contributed by atoms with Crippen molar-refractivity contribution in [3.8, 4) is 5.75 Å². The highest BCUT2D eigenvalue weighted by atomic mass is 79.9. The van der Waals surface area contributed by atoms with E-state index in [1.54, 1.807) is 30.3 Å². The van der Waals surface area contributed by atoms with E-state index >= 15 is 0 Å². The maximum Gasteiger partial charge on any atom is 0.239 e. The lowest BCUT2D eigenvalue weighted by Crippen LogP contribution is -2.40. The molecule has 2 amide bonds. The van der Waals surface area contributed by atoms with E-state index in [4.69, 9.17) is 4.74 Å². The Morgan fingerprint density at radius 3 is 2.67 bits per heavy atom. The largest absolute Gasteiger partial charge is 0.492 e. The van der Waals surface area contributed by atoms with E-state index in [9.17, 15) is 9.59 Å². The quantitative estimate of drug-likeness (QED) is 0.591. The molecule has 144 valence electrons. The van der Waals surface area contributed by atoms with E-state index in [1.165, 1.54) is 0 Å². The van der Waals surface area contributed by atoms with E-state index in [2.05, 4.69) is 31.5 Å². The van der Waals surface area contributed by atoms with Gasteiger partial charge in [0.05, 0.1) is 19.6 Å². The van der Waals surface area contributed by atoms with Crippen LogP contribution in [0, 0.1) is 6.92 Å². The van der Waals surface area contributed by atoms with E-state index in [1.807, 2.05) is 31.2 Å². The number of ether oxygens (including phenoxy) is 1. The van der Waals surface area contributed by atoms with Gasteiger partial charge in [0.2, 0.25) is 11.8 Å². The molecule has 0 bridgehead atoms. The van der Waals surface area contributed by atoms with Gasteiger partial charge in [-0.25, -0.2) is 4.98 Å². The Hall–Kier alpha value is -2.45. The first-order chi connectivity index (χ1) is 12.9. The van der Waals surface area contributed by atoms with Crippen LogP contribution in [0.2, 0.25) is 0 Å². The van der Waals surface area contributed by atoms with Crippen LogP contribution in [0.5, 0.6) is 5.75 Å². The van der Waals surface area contributed by atoms with Gasteiger partial charge < -0.3 is 15.4 Å². The minimum absolute atomic E-state index is 0.0883. The summed E-state index contributed by atoms with van der Waals surface area (Å²) in [5, 5.41) is 5.46. The highest BCUT2D eigenvalue weighted by Gasteiger charge is 2.11. The zero-order chi connectivity index (χ0) is 19.6. The van der Waals surface area contributed by atoms with Crippen molar-refractivity contribution in [1.82, 2.24) is 15.2 Å². The Balaban J connectivity index is 1.62. The molecule has 2 rings (SSSR count). The number of carbonyl (C=O) groups is 2. The zero-order valence-corrected chi connectivity index (χ0v) is 17.0. The van der Waals surface area contributed by atoms with Gasteiger partial charge in [-0.05, 0) is 59.7 Å². The molecule has 0 fully saturated rings. The molecule has 0 aliphatic heterocycles. The van der Waals surface area contributed by atoms with E-state index in [-0.39, 0.29) is 24.9 Å². The molecule has 0 radical (unpaired) electrons. The second-order valence-electron chi connectivity index (χ2n) is 6.10. The van der Waals surface area contributed by atoms with Gasteiger partial charge in [-0.15, -0.1) is 0 Å². The lowest BCUT2D eigenvalue weighted by molar-refractivity contribution is -0.123. The predicted octanol–water partition coefficient (Wildman–Crippen LogP) is 2.22. The van der Waals surface area contributed by atoms with Crippen molar-refractivity contribution in [3.63, 3.8) is 0 Å². The predicted molar refractivity (Wildman–Crippen MR) is 108 cm³/mol. The second kappa shape index (κ2) is 10.6. The van der Waals surface area contributed by atoms with Gasteiger partial charge in [-0.1, -0.05) is 12.1 Å². The molecule has 0 spiro atoms. The molecule has 1 heterocycles. The fraction of sp³-hybridized carbons (Fsp3) is 0.316. The van der Waals surface area contributed by atoms with Crippen molar-refractivity contribution >= 4 is 33.6 Å². The third kappa shape index (κ3) is 8.19. The van der Waals surface area contributed by atoms with Gasteiger partial charge in [0.1, 0.15) is 18.2 Å². The molecule has 0 aliphatic rings. The summed E-state index contributed by atoms with van der Waals surface area (Å²) >= 11 is 3.28. The Kier molecular flexibility index (Phi) is 8.22. The van der Waals surface area contributed by atoms with Crippen molar-refractivity contribution in [2.75, 3.05) is 38.6 Å². The number of rotatable bonds is 9. The Labute approximate surface area is 167 Å². The molecule has 1 aromatic heterocycles. The first kappa shape index (κ1) is 20.9. The first-order valence-electron chi connectivity index (χ1n) is 8.48. The number of nitrogens with zero attached hydrogens (tertiary/aromatic N) is 2. The number of aromatic nitrogens is 1. The molecular weight excluding hydrogens is 412 g/mol. The van der Waals surface area contributed by atoms with Crippen molar-refractivity contribution in [2.24, 2.45) is 0 Å². The monoisotopic (exact) mass is 434 g/mol. The van der Waals surface area contributed by atoms with Crippen LogP contribution >= 0.6 is 15.9 Å². The van der Waals surface area contributed by atoms with Crippen LogP contribution in [0.1, 0.15) is 5.56 Å². The number of amides is 2. The Morgan fingerprint density at radius 2 is 1.96 bits per heavy atom. The van der Waals surface area contributed by atoms with Gasteiger partial charge in [0.25, 0.3) is 0 Å². The number of carbonyl (C=O) groups excluding carboxylic acids is 2. The van der Waals surface area contributed by atoms with Gasteiger partial charge in [0, 0.05) is 10.7 Å². The lowest BCUT2D eigenvalue weighted by atomic mass is 10.2. The van der Waals surface area contributed by atoms with Crippen molar-refractivity contribution in [2.45, 2.75) is 6.92 Å². The van der Waals surface area contributed by atoms with Crippen molar-refractivity contribution < 1.29 is 14.3 Å². The molecule has 1 aromatic carbocycles. The number of pyridine rings is 1. The normalized spacial score (nSPS) is 10.5. The van der Waals surface area contributed by atoms with E-state index in [0.717, 1.165) is 15.8 Å². The molecule has 8 heteroatoms. The average Bonchev–Trinajstić information content (AvgIpc) is 2.60. The average molecular weight is 435 g/mol. The number of aryl methyl sites for hydroxylation is 1. The molecule has 2 N–H and O–H groups in total. The topological polar surface area (TPSA) is 83.6 Å². The number of nitrogens with one attached hydrogen (secondary N) is 2. The summed E-state index contributed by atoms with van der Waals surface area (Å²) in [5.74, 6) is 0.844. The smallest absolute Gasteiger partial charge is 0.239 e. The van der Waals surface area contributed by atoms with Crippen LogP contribution in [0.15, 0.2) is 47.1 Å². The van der Waals surface area contributed by atoms with Crippen LogP contribution in [0.25, 0.3) is 0 Å². The maximum absolute atomic E-state index is 12.0. The highest BCUT2D eigenvalue weighted by molar-refractivity contribution is 9.10. The number of benzene rings is 1. The highest BCUT2D eigenvalue weighted by Crippen LogP contribution is 2.12. The molecule has 0 saturated heterocycles. The lowest BCUT2D eigenvalue weighted by Gasteiger charge is -2.16. The number of anilines is 1. The summed E-state index contributed by atoms with van der Waals surface area (Å²) in [7, 11) is 1.71. The van der Waals surface area contributed by atoms with Crippen molar-refractivity contribution in [1.29, 1.82) is 0 Å². The Morgan fingerprint density at radius 1 is 1.19 bits per heavy atom. The number of likely N-dealkylation sites (N-methyl/N-ethyl adjacent to an activating group) is 1. The number of hydrogen-bond donors (Lipinski definition) is 2. The summed E-state index contributed by atoms with van der Waals surface area (Å²) in [5.41, 5.74) is 1.12. The minimum Gasteiger partial charge on any atom is -0.492 e. The van der Waals surface area contributed by atoms with Gasteiger partial charge in [0.15, 0.2) is 0 Å². The first-order valence-corrected chi connectivity index (χ1v) is 9.28. The minimum atomic E-state index is -0.233. The molecule has 0 aliphatic carbocycles. The second-order valence-corrected chi connectivity index (χ2v) is 7.01. The van der Waals surface area contributed by atoms with Crippen LogP contribution in [0.4, 0.5) is 5.82 Å². The van der Waals surface area contributed by atoms with Crippen LogP contribution < -0.4 is 15.4 Å².